The predicted octanol–water partition coefficient (Wildman–Crippen LogP) is 4.52. The smallest absolute Gasteiger partial charge is 0.282 e. The number of H-pyrrole nitrogens is 1. The second-order valence-corrected chi connectivity index (χ2v) is 8.96. The van der Waals surface area contributed by atoms with E-state index in [0.29, 0.717) is 34.4 Å². The van der Waals surface area contributed by atoms with Gasteiger partial charge in [0.05, 0.1) is 21.5 Å². The summed E-state index contributed by atoms with van der Waals surface area (Å²) in [6, 6.07) is 15.4. The summed E-state index contributed by atoms with van der Waals surface area (Å²) in [5, 5.41) is 13.5. The number of nitrogens with zero attached hydrogens (tertiary/aromatic N) is 3. The van der Waals surface area contributed by atoms with E-state index in [4.69, 9.17) is 16.7 Å². The van der Waals surface area contributed by atoms with Gasteiger partial charge in [-0.2, -0.15) is 4.68 Å². The van der Waals surface area contributed by atoms with Crippen LogP contribution in [0.15, 0.2) is 63.2 Å². The van der Waals surface area contributed by atoms with Gasteiger partial charge < -0.3 is 5.11 Å². The van der Waals surface area contributed by atoms with Gasteiger partial charge in [-0.05, 0) is 42.8 Å². The van der Waals surface area contributed by atoms with Crippen molar-refractivity contribution in [2.45, 2.75) is 17.1 Å². The Morgan fingerprint density at radius 1 is 1.23 bits per heavy atom. The summed E-state index contributed by atoms with van der Waals surface area (Å²) in [5.74, 6) is 0.566. The molecule has 0 aliphatic rings. The normalized spacial score (nSPS) is 11.7. The minimum Gasteiger partial charge on any atom is -0.396 e. The number of hydrogen-bond donors (Lipinski definition) is 2. The number of aromatic nitrogens is 3. The summed E-state index contributed by atoms with van der Waals surface area (Å²) in [6.07, 6.45) is 2.15. The Hall–Kier alpha value is -2.39. The molecule has 0 saturated carbocycles. The highest BCUT2D eigenvalue weighted by atomic mass is 35.5. The van der Waals surface area contributed by atoms with E-state index in [-0.39, 0.29) is 12.2 Å². The molecule has 2 heterocycles. The lowest BCUT2D eigenvalue weighted by molar-refractivity contribution is 0.291. The second kappa shape index (κ2) is 9.61. The lowest BCUT2D eigenvalue weighted by Crippen LogP contribution is -2.17. The van der Waals surface area contributed by atoms with Crippen LogP contribution in [-0.4, -0.2) is 39.2 Å². The van der Waals surface area contributed by atoms with Crippen LogP contribution in [-0.2, 0) is 5.75 Å². The maximum atomic E-state index is 13.1. The molecule has 154 valence electrons. The molecular formula is C21H19ClN4O2S2. The van der Waals surface area contributed by atoms with Crippen LogP contribution in [0.3, 0.4) is 0 Å². The number of thiazole rings is 1. The summed E-state index contributed by atoms with van der Waals surface area (Å²) in [5.41, 5.74) is 1.95. The van der Waals surface area contributed by atoms with Gasteiger partial charge in [0.1, 0.15) is 0 Å². The number of aliphatic hydroxyl groups is 1. The zero-order chi connectivity index (χ0) is 20.9. The number of benzene rings is 2. The van der Waals surface area contributed by atoms with Crippen LogP contribution in [0.25, 0.3) is 15.3 Å². The SMILES string of the molecule is O=c1c(C=NCCCO)c(CSc2ccc(Cl)cc2)[nH]n1-c1nc2ccccc2s1. The highest BCUT2D eigenvalue weighted by Gasteiger charge is 2.16. The van der Waals surface area contributed by atoms with Crippen LogP contribution >= 0.6 is 34.7 Å². The number of fused-ring (bicyclic) bond motifs is 1. The van der Waals surface area contributed by atoms with E-state index in [1.807, 2.05) is 48.5 Å². The predicted molar refractivity (Wildman–Crippen MR) is 125 cm³/mol. The van der Waals surface area contributed by atoms with Gasteiger partial charge in [-0.15, -0.1) is 11.8 Å². The van der Waals surface area contributed by atoms with Crippen molar-refractivity contribution in [3.63, 3.8) is 0 Å². The van der Waals surface area contributed by atoms with Crippen molar-refractivity contribution in [1.29, 1.82) is 0 Å². The van der Waals surface area contributed by atoms with E-state index < -0.39 is 0 Å². The second-order valence-electron chi connectivity index (χ2n) is 6.46. The number of rotatable bonds is 8. The number of para-hydroxylation sites is 1. The van der Waals surface area contributed by atoms with Gasteiger partial charge in [0.2, 0.25) is 5.13 Å². The third kappa shape index (κ3) is 4.67. The van der Waals surface area contributed by atoms with E-state index >= 15 is 0 Å². The molecular weight excluding hydrogens is 440 g/mol. The largest absolute Gasteiger partial charge is 0.396 e. The van der Waals surface area contributed by atoms with Gasteiger partial charge >= 0.3 is 0 Å². The van der Waals surface area contributed by atoms with Gasteiger partial charge in [-0.25, -0.2) is 4.98 Å². The molecule has 0 aliphatic heterocycles. The first-order chi connectivity index (χ1) is 14.7. The topological polar surface area (TPSA) is 83.3 Å². The van der Waals surface area contributed by atoms with Crippen LogP contribution in [0, 0.1) is 0 Å². The summed E-state index contributed by atoms with van der Waals surface area (Å²) in [4.78, 5) is 23.1. The van der Waals surface area contributed by atoms with Crippen molar-refractivity contribution in [2.75, 3.05) is 13.2 Å². The number of halogens is 1. The maximum absolute atomic E-state index is 13.1. The van der Waals surface area contributed by atoms with E-state index in [1.165, 1.54) is 16.0 Å². The van der Waals surface area contributed by atoms with Gasteiger partial charge in [-0.3, -0.25) is 14.9 Å². The fourth-order valence-corrected chi connectivity index (χ4v) is 4.74. The van der Waals surface area contributed by atoms with Crippen LogP contribution in [0.1, 0.15) is 17.7 Å². The van der Waals surface area contributed by atoms with E-state index in [0.717, 1.165) is 20.8 Å². The summed E-state index contributed by atoms with van der Waals surface area (Å²) < 4.78 is 2.50. The van der Waals surface area contributed by atoms with Crippen LogP contribution in [0.5, 0.6) is 0 Å². The van der Waals surface area contributed by atoms with Gasteiger partial charge in [0.15, 0.2) is 0 Å². The molecule has 9 heteroatoms. The monoisotopic (exact) mass is 458 g/mol. The third-order valence-corrected chi connectivity index (χ3v) is 6.65. The molecule has 30 heavy (non-hydrogen) atoms. The number of thioether (sulfide) groups is 1. The summed E-state index contributed by atoms with van der Waals surface area (Å²) >= 11 is 9.02. The van der Waals surface area contributed by atoms with Gasteiger partial charge in [0.25, 0.3) is 5.56 Å². The van der Waals surface area contributed by atoms with Crippen LogP contribution in [0.4, 0.5) is 0 Å². The fraction of sp³-hybridized carbons (Fsp3) is 0.190. The van der Waals surface area contributed by atoms with Crippen molar-refractivity contribution >= 4 is 51.1 Å². The van der Waals surface area contributed by atoms with E-state index in [1.54, 1.807) is 18.0 Å². The molecule has 6 nitrogen and oxygen atoms in total. The molecule has 0 amide bonds. The summed E-state index contributed by atoms with van der Waals surface area (Å²) in [6.45, 7) is 0.533. The number of nitrogens with one attached hydrogen (secondary N) is 1. The van der Waals surface area contributed by atoms with E-state index in [9.17, 15) is 4.79 Å². The van der Waals surface area contributed by atoms with Crippen molar-refractivity contribution in [3.05, 3.63) is 75.2 Å². The molecule has 0 atom stereocenters. The molecule has 4 aromatic rings. The number of aliphatic imine (C=N–C) groups is 1. The first-order valence-electron chi connectivity index (χ1n) is 9.34. The molecule has 2 aromatic heterocycles. The average Bonchev–Trinajstić information content (AvgIpc) is 3.32. The average molecular weight is 459 g/mol. The molecule has 0 fully saturated rings. The molecule has 4 rings (SSSR count). The first kappa shape index (κ1) is 20.9. The van der Waals surface area contributed by atoms with Crippen molar-refractivity contribution < 1.29 is 5.11 Å². The standard InChI is InChI=1S/C21H19ClN4O2S2/c22-14-6-8-15(9-7-14)29-13-18-16(12-23-10-3-11-27)20(28)26(25-18)21-24-17-4-1-2-5-19(17)30-21/h1-2,4-9,12,25,27H,3,10-11,13H2. The summed E-state index contributed by atoms with van der Waals surface area (Å²) in [7, 11) is 0. The Morgan fingerprint density at radius 3 is 2.80 bits per heavy atom. The third-order valence-electron chi connectivity index (χ3n) is 4.34. The fourth-order valence-electron chi connectivity index (χ4n) is 2.83. The Kier molecular flexibility index (Phi) is 6.69. The highest BCUT2D eigenvalue weighted by Crippen LogP contribution is 2.26. The first-order valence-corrected chi connectivity index (χ1v) is 11.5. The lowest BCUT2D eigenvalue weighted by Gasteiger charge is -2.01. The van der Waals surface area contributed by atoms with Gasteiger partial charge in [0, 0.05) is 35.0 Å². The Bertz CT molecular complexity index is 1200. The molecule has 2 N–H and O–H groups in total. The zero-order valence-corrected chi connectivity index (χ0v) is 18.3. The molecule has 0 spiro atoms. The number of hydrogen-bond acceptors (Lipinski definition) is 6. The molecule has 0 saturated heterocycles. The molecule has 0 unspecified atom stereocenters. The minimum absolute atomic E-state index is 0.0691. The Balaban J connectivity index is 1.67. The minimum atomic E-state index is -0.187. The maximum Gasteiger partial charge on any atom is 0.282 e. The van der Waals surface area contributed by atoms with Crippen molar-refractivity contribution in [1.82, 2.24) is 14.8 Å². The number of aliphatic hydroxyl groups excluding tert-OH is 1. The van der Waals surface area contributed by atoms with Crippen molar-refractivity contribution in [2.24, 2.45) is 4.99 Å². The number of aromatic amines is 1. The van der Waals surface area contributed by atoms with Crippen LogP contribution < -0.4 is 5.56 Å². The lowest BCUT2D eigenvalue weighted by atomic mass is 10.3. The zero-order valence-electron chi connectivity index (χ0n) is 15.9. The van der Waals surface area contributed by atoms with Crippen LogP contribution in [0.2, 0.25) is 5.02 Å². The molecule has 0 radical (unpaired) electrons. The Morgan fingerprint density at radius 2 is 2.03 bits per heavy atom. The quantitative estimate of drug-likeness (QED) is 0.231. The van der Waals surface area contributed by atoms with Crippen molar-refractivity contribution in [3.8, 4) is 5.13 Å². The molecule has 2 aromatic carbocycles. The highest BCUT2D eigenvalue weighted by molar-refractivity contribution is 7.98. The Labute approximate surface area is 186 Å². The molecule has 0 aliphatic carbocycles. The van der Waals surface area contributed by atoms with Gasteiger partial charge in [-0.1, -0.05) is 35.1 Å². The van der Waals surface area contributed by atoms with E-state index in [2.05, 4.69) is 15.1 Å². The molecule has 0 bridgehead atoms.